The first-order chi connectivity index (χ1) is 18.8. The maximum atomic E-state index is 13.6. The van der Waals surface area contributed by atoms with Crippen LogP contribution in [0.2, 0.25) is 0 Å². The lowest BCUT2D eigenvalue weighted by Crippen LogP contribution is -2.55. The monoisotopic (exact) mass is 527 g/mol. The van der Waals surface area contributed by atoms with Crippen molar-refractivity contribution in [2.75, 3.05) is 4.90 Å². The number of anilines is 1. The Bertz CT molecular complexity index is 1470. The summed E-state index contributed by atoms with van der Waals surface area (Å²) < 4.78 is 32.6. The Morgan fingerprint density at radius 3 is 2.15 bits per heavy atom. The second-order valence-corrected chi connectivity index (χ2v) is 9.64. The molecule has 0 aromatic heterocycles. The number of ether oxygens (including phenoxy) is 1. The van der Waals surface area contributed by atoms with Crippen molar-refractivity contribution >= 4 is 17.6 Å². The Hall–Kier alpha value is -4.52. The van der Waals surface area contributed by atoms with Gasteiger partial charge in [0.15, 0.2) is 0 Å². The molecule has 0 saturated carbocycles. The zero-order valence-corrected chi connectivity index (χ0v) is 21.3. The number of benzene rings is 4. The fourth-order valence-electron chi connectivity index (χ4n) is 5.16. The van der Waals surface area contributed by atoms with Crippen LogP contribution in [-0.4, -0.2) is 17.0 Å². The van der Waals surface area contributed by atoms with E-state index in [1.165, 1.54) is 31.2 Å². The van der Waals surface area contributed by atoms with Crippen molar-refractivity contribution in [2.45, 2.75) is 31.9 Å². The summed E-state index contributed by atoms with van der Waals surface area (Å²) in [6, 6.07) is 26.0. The minimum absolute atomic E-state index is 0.107. The number of hydrogen-bond acceptors (Lipinski definition) is 4. The number of phenols is 1. The third kappa shape index (κ3) is 5.67. The molecule has 2 unspecified atom stereocenters. The fourth-order valence-corrected chi connectivity index (χ4v) is 5.16. The molecule has 39 heavy (non-hydrogen) atoms. The minimum Gasteiger partial charge on any atom is -0.508 e. The van der Waals surface area contributed by atoms with Gasteiger partial charge in [0.1, 0.15) is 23.5 Å². The number of β-lactam (4-membered cyclic amide) rings is 1. The molecule has 0 spiro atoms. The van der Waals surface area contributed by atoms with E-state index in [9.17, 15) is 23.5 Å². The number of halogens is 2. The van der Waals surface area contributed by atoms with E-state index in [1.54, 1.807) is 47.4 Å². The summed E-state index contributed by atoms with van der Waals surface area (Å²) in [6.07, 6.45) is 0.172. The van der Waals surface area contributed by atoms with Gasteiger partial charge in [0.05, 0.1) is 12.0 Å². The Balaban J connectivity index is 1.42. The highest BCUT2D eigenvalue weighted by molar-refractivity contribution is 6.03. The van der Waals surface area contributed by atoms with Crippen molar-refractivity contribution in [3.05, 3.63) is 120 Å². The summed E-state index contributed by atoms with van der Waals surface area (Å²) in [5.74, 6) is -1.58. The van der Waals surface area contributed by atoms with Crippen LogP contribution in [0, 0.1) is 17.6 Å². The number of carbonyl (C=O) groups is 2. The number of aromatic hydroxyl groups is 1. The molecular formula is C32H27F2NO4. The van der Waals surface area contributed by atoms with Crippen LogP contribution in [0.25, 0.3) is 11.1 Å². The first-order valence-corrected chi connectivity index (χ1v) is 12.7. The average Bonchev–Trinajstić information content (AvgIpc) is 2.92. The molecule has 1 fully saturated rings. The standard InChI is InChI=1S/C32H27F2NO4/c1-20(36)39-30(22-9-11-25(33)12-10-22)18-17-29-31(35(32(29)38)27-15-13-26(34)14-16-27)23-7-5-21(6-8-23)24-3-2-4-28(37)19-24/h2-16,19,29-31,37H,17-18H2,1H3/t29?,30-,31?/m0/s1. The molecule has 0 radical (unpaired) electrons. The van der Waals surface area contributed by atoms with Gasteiger partial charge < -0.3 is 14.7 Å². The first-order valence-electron chi connectivity index (χ1n) is 12.7. The maximum absolute atomic E-state index is 13.6. The van der Waals surface area contributed by atoms with E-state index in [0.717, 1.165) is 16.7 Å². The second-order valence-electron chi connectivity index (χ2n) is 9.64. The Morgan fingerprint density at radius 2 is 1.54 bits per heavy atom. The van der Waals surface area contributed by atoms with Crippen LogP contribution >= 0.6 is 0 Å². The van der Waals surface area contributed by atoms with Crippen LogP contribution in [-0.2, 0) is 14.3 Å². The molecule has 0 aliphatic carbocycles. The zero-order chi connectivity index (χ0) is 27.5. The van der Waals surface area contributed by atoms with E-state index in [4.69, 9.17) is 4.74 Å². The van der Waals surface area contributed by atoms with Crippen molar-refractivity contribution in [1.82, 2.24) is 0 Å². The van der Waals surface area contributed by atoms with Crippen LogP contribution in [0.1, 0.15) is 43.0 Å². The zero-order valence-electron chi connectivity index (χ0n) is 21.3. The molecule has 1 amide bonds. The third-order valence-electron chi connectivity index (χ3n) is 7.04. The number of phenolic OH excluding ortho intramolecular Hbond substituents is 1. The number of amides is 1. The normalized spacial score (nSPS) is 17.4. The largest absolute Gasteiger partial charge is 0.508 e. The van der Waals surface area contributed by atoms with Crippen molar-refractivity contribution in [1.29, 1.82) is 0 Å². The van der Waals surface area contributed by atoms with E-state index in [-0.39, 0.29) is 23.5 Å². The van der Waals surface area contributed by atoms with Crippen molar-refractivity contribution < 1.29 is 28.2 Å². The number of nitrogens with zero attached hydrogens (tertiary/aromatic N) is 1. The van der Waals surface area contributed by atoms with E-state index in [2.05, 4.69) is 0 Å². The van der Waals surface area contributed by atoms with Gasteiger partial charge in [-0.05, 0) is 83.6 Å². The van der Waals surface area contributed by atoms with Gasteiger partial charge in [0, 0.05) is 12.6 Å². The predicted octanol–water partition coefficient (Wildman–Crippen LogP) is 7.13. The topological polar surface area (TPSA) is 66.8 Å². The summed E-state index contributed by atoms with van der Waals surface area (Å²) >= 11 is 0. The van der Waals surface area contributed by atoms with E-state index >= 15 is 0 Å². The van der Waals surface area contributed by atoms with Crippen molar-refractivity contribution in [3.63, 3.8) is 0 Å². The highest BCUT2D eigenvalue weighted by Gasteiger charge is 2.48. The number of esters is 1. The van der Waals surface area contributed by atoms with Crippen LogP contribution in [0.3, 0.4) is 0 Å². The lowest BCUT2D eigenvalue weighted by atomic mass is 9.78. The summed E-state index contributed by atoms with van der Waals surface area (Å²) in [5, 5.41) is 9.84. The lowest BCUT2D eigenvalue weighted by Gasteiger charge is -2.48. The SMILES string of the molecule is CC(=O)O[C@@H](CCC1C(=O)N(c2ccc(F)cc2)C1c1ccc(-c2cccc(O)c2)cc1)c1ccc(F)cc1. The molecule has 1 aliphatic rings. The van der Waals surface area contributed by atoms with Crippen LogP contribution in [0.15, 0.2) is 97.1 Å². The van der Waals surface area contributed by atoms with E-state index in [0.29, 0.717) is 24.1 Å². The number of rotatable bonds is 8. The third-order valence-corrected chi connectivity index (χ3v) is 7.04. The van der Waals surface area contributed by atoms with Crippen LogP contribution in [0.4, 0.5) is 14.5 Å². The molecule has 1 saturated heterocycles. The van der Waals surface area contributed by atoms with Gasteiger partial charge in [-0.2, -0.15) is 0 Å². The van der Waals surface area contributed by atoms with Gasteiger partial charge in [-0.25, -0.2) is 8.78 Å². The molecular weight excluding hydrogens is 500 g/mol. The quantitative estimate of drug-likeness (QED) is 0.196. The van der Waals surface area contributed by atoms with Gasteiger partial charge >= 0.3 is 5.97 Å². The van der Waals surface area contributed by atoms with Gasteiger partial charge in [0.2, 0.25) is 5.91 Å². The summed E-state index contributed by atoms with van der Waals surface area (Å²) in [7, 11) is 0. The smallest absolute Gasteiger partial charge is 0.303 e. The van der Waals surface area contributed by atoms with Crippen LogP contribution < -0.4 is 4.90 Å². The molecule has 5 rings (SSSR count). The Morgan fingerprint density at radius 1 is 0.897 bits per heavy atom. The predicted molar refractivity (Wildman–Crippen MR) is 144 cm³/mol. The Kier molecular flexibility index (Phi) is 7.41. The van der Waals surface area contributed by atoms with Crippen molar-refractivity contribution in [3.8, 4) is 16.9 Å². The first kappa shape index (κ1) is 26.1. The molecule has 5 nitrogen and oxygen atoms in total. The average molecular weight is 528 g/mol. The molecule has 1 N–H and O–H groups in total. The lowest BCUT2D eigenvalue weighted by molar-refractivity contribution is -0.147. The number of hydrogen-bond donors (Lipinski definition) is 1. The molecule has 1 heterocycles. The summed E-state index contributed by atoms with van der Waals surface area (Å²) in [4.78, 5) is 26.9. The van der Waals surface area contributed by atoms with Gasteiger partial charge in [0.25, 0.3) is 0 Å². The molecule has 0 bridgehead atoms. The van der Waals surface area contributed by atoms with E-state index < -0.39 is 23.8 Å². The molecule has 1 aliphatic heterocycles. The Labute approximate surface area is 225 Å². The van der Waals surface area contributed by atoms with Gasteiger partial charge in [-0.1, -0.05) is 48.5 Å². The molecule has 4 aromatic rings. The highest BCUT2D eigenvalue weighted by atomic mass is 19.1. The maximum Gasteiger partial charge on any atom is 0.303 e. The molecule has 3 atom stereocenters. The molecule has 4 aromatic carbocycles. The van der Waals surface area contributed by atoms with E-state index in [1.807, 2.05) is 30.3 Å². The number of carbonyl (C=O) groups excluding carboxylic acids is 2. The highest BCUT2D eigenvalue weighted by Crippen LogP contribution is 2.47. The van der Waals surface area contributed by atoms with Crippen LogP contribution in [0.5, 0.6) is 5.75 Å². The molecule has 198 valence electrons. The van der Waals surface area contributed by atoms with Gasteiger partial charge in [-0.3, -0.25) is 9.59 Å². The summed E-state index contributed by atoms with van der Waals surface area (Å²) in [5.41, 5.74) is 3.92. The minimum atomic E-state index is -0.621. The molecule has 7 heteroatoms. The summed E-state index contributed by atoms with van der Waals surface area (Å²) in [6.45, 7) is 1.32. The fraction of sp³-hybridized carbons (Fsp3) is 0.188. The van der Waals surface area contributed by atoms with Crippen molar-refractivity contribution in [2.24, 2.45) is 5.92 Å². The second kappa shape index (κ2) is 11.1. The van der Waals surface area contributed by atoms with Gasteiger partial charge in [-0.15, -0.1) is 0 Å².